The highest BCUT2D eigenvalue weighted by Gasteiger charge is 2.07. The predicted octanol–water partition coefficient (Wildman–Crippen LogP) is 3.68. The first-order chi connectivity index (χ1) is 7.99. The molecule has 2 nitrogen and oxygen atoms in total. The standard InChI is InChI=1S/C14H20BrNO/c1-10(2)6-7-17-14-5-4-13(15)9-12(14)8-11(3)16/h4-5,9,11H,1,6-8,16H2,2-3H3. The molecule has 1 atom stereocenters. The Morgan fingerprint density at radius 1 is 1.53 bits per heavy atom. The van der Waals surface area contributed by atoms with Crippen molar-refractivity contribution in [2.45, 2.75) is 32.7 Å². The maximum atomic E-state index is 5.84. The lowest BCUT2D eigenvalue weighted by molar-refractivity contribution is 0.317. The van der Waals surface area contributed by atoms with Crippen LogP contribution >= 0.6 is 15.9 Å². The molecular weight excluding hydrogens is 278 g/mol. The van der Waals surface area contributed by atoms with E-state index in [2.05, 4.69) is 28.6 Å². The highest BCUT2D eigenvalue weighted by Crippen LogP contribution is 2.24. The molecule has 0 fully saturated rings. The average Bonchev–Trinajstić information content (AvgIpc) is 2.20. The first-order valence-corrected chi connectivity index (χ1v) is 6.59. The van der Waals surface area contributed by atoms with Crippen LogP contribution in [0, 0.1) is 0 Å². The zero-order chi connectivity index (χ0) is 12.8. The second-order valence-corrected chi connectivity index (χ2v) is 5.40. The first kappa shape index (κ1) is 14.3. The summed E-state index contributed by atoms with van der Waals surface area (Å²) in [5.74, 6) is 0.923. The van der Waals surface area contributed by atoms with Gasteiger partial charge in [0.2, 0.25) is 0 Å². The first-order valence-electron chi connectivity index (χ1n) is 5.80. The second-order valence-electron chi connectivity index (χ2n) is 4.49. The van der Waals surface area contributed by atoms with Crippen LogP contribution in [0.25, 0.3) is 0 Å². The van der Waals surface area contributed by atoms with Gasteiger partial charge in [0, 0.05) is 16.9 Å². The molecule has 94 valence electrons. The molecule has 0 bridgehead atoms. The summed E-state index contributed by atoms with van der Waals surface area (Å²) >= 11 is 3.47. The van der Waals surface area contributed by atoms with E-state index in [9.17, 15) is 0 Å². The molecule has 1 rings (SSSR count). The average molecular weight is 298 g/mol. The lowest BCUT2D eigenvalue weighted by Crippen LogP contribution is -2.18. The van der Waals surface area contributed by atoms with Crippen molar-refractivity contribution in [1.29, 1.82) is 0 Å². The largest absolute Gasteiger partial charge is 0.493 e. The van der Waals surface area contributed by atoms with Gasteiger partial charge in [0.1, 0.15) is 5.75 Å². The van der Waals surface area contributed by atoms with E-state index >= 15 is 0 Å². The molecule has 1 unspecified atom stereocenters. The van der Waals surface area contributed by atoms with Crippen LogP contribution in [0.15, 0.2) is 34.8 Å². The Kier molecular flexibility index (Phi) is 5.72. The summed E-state index contributed by atoms with van der Waals surface area (Å²) in [6.45, 7) is 8.54. The summed E-state index contributed by atoms with van der Waals surface area (Å²) in [6, 6.07) is 6.17. The van der Waals surface area contributed by atoms with Gasteiger partial charge in [0.15, 0.2) is 0 Å². The van der Waals surface area contributed by atoms with Crippen LogP contribution in [0.5, 0.6) is 5.75 Å². The fourth-order valence-corrected chi connectivity index (χ4v) is 1.94. The minimum Gasteiger partial charge on any atom is -0.493 e. The third-order valence-electron chi connectivity index (χ3n) is 2.35. The smallest absolute Gasteiger partial charge is 0.122 e. The van der Waals surface area contributed by atoms with Crippen molar-refractivity contribution in [3.63, 3.8) is 0 Å². The third-order valence-corrected chi connectivity index (χ3v) is 2.84. The lowest BCUT2D eigenvalue weighted by atomic mass is 10.1. The van der Waals surface area contributed by atoms with Gasteiger partial charge in [-0.15, -0.1) is 6.58 Å². The molecule has 0 spiro atoms. The van der Waals surface area contributed by atoms with Crippen LogP contribution < -0.4 is 10.5 Å². The van der Waals surface area contributed by atoms with E-state index in [0.717, 1.165) is 34.2 Å². The van der Waals surface area contributed by atoms with Crippen molar-refractivity contribution in [2.75, 3.05) is 6.61 Å². The quantitative estimate of drug-likeness (QED) is 0.813. The molecule has 17 heavy (non-hydrogen) atoms. The summed E-state index contributed by atoms with van der Waals surface area (Å²) in [5, 5.41) is 0. The van der Waals surface area contributed by atoms with Crippen molar-refractivity contribution in [2.24, 2.45) is 5.73 Å². The number of rotatable bonds is 6. The molecule has 0 heterocycles. The SMILES string of the molecule is C=C(C)CCOc1ccc(Br)cc1CC(C)N. The zero-order valence-corrected chi connectivity index (χ0v) is 12.1. The van der Waals surface area contributed by atoms with Gasteiger partial charge in [-0.3, -0.25) is 0 Å². The van der Waals surface area contributed by atoms with Crippen molar-refractivity contribution in [3.8, 4) is 5.75 Å². The number of nitrogens with two attached hydrogens (primary N) is 1. The number of halogens is 1. The van der Waals surface area contributed by atoms with Gasteiger partial charge in [-0.05, 0) is 44.0 Å². The monoisotopic (exact) mass is 297 g/mol. The van der Waals surface area contributed by atoms with Crippen LogP contribution in [0.4, 0.5) is 0 Å². The number of benzene rings is 1. The van der Waals surface area contributed by atoms with E-state index in [0.29, 0.717) is 6.61 Å². The molecule has 1 aromatic rings. The highest BCUT2D eigenvalue weighted by atomic mass is 79.9. The number of ether oxygens (including phenoxy) is 1. The van der Waals surface area contributed by atoms with E-state index in [1.807, 2.05) is 26.0 Å². The van der Waals surface area contributed by atoms with Crippen LogP contribution in [0.3, 0.4) is 0 Å². The summed E-state index contributed by atoms with van der Waals surface area (Å²) in [5.41, 5.74) is 8.12. The molecule has 2 N–H and O–H groups in total. The van der Waals surface area contributed by atoms with E-state index in [1.54, 1.807) is 0 Å². The van der Waals surface area contributed by atoms with E-state index < -0.39 is 0 Å². The molecule has 0 radical (unpaired) electrons. The molecule has 0 saturated heterocycles. The fraction of sp³-hybridized carbons (Fsp3) is 0.429. The summed E-state index contributed by atoms with van der Waals surface area (Å²) in [4.78, 5) is 0. The fourth-order valence-electron chi connectivity index (χ4n) is 1.53. The van der Waals surface area contributed by atoms with Gasteiger partial charge in [-0.2, -0.15) is 0 Å². The van der Waals surface area contributed by atoms with E-state index in [-0.39, 0.29) is 6.04 Å². The number of hydrogen-bond donors (Lipinski definition) is 1. The van der Waals surface area contributed by atoms with Crippen molar-refractivity contribution in [1.82, 2.24) is 0 Å². The Morgan fingerprint density at radius 2 is 2.24 bits per heavy atom. The molecule has 0 saturated carbocycles. The minimum absolute atomic E-state index is 0.132. The molecule has 0 aliphatic rings. The normalized spacial score (nSPS) is 12.2. The van der Waals surface area contributed by atoms with Gasteiger partial charge in [0.05, 0.1) is 6.61 Å². The molecular formula is C14H20BrNO. The van der Waals surface area contributed by atoms with Gasteiger partial charge in [-0.25, -0.2) is 0 Å². The predicted molar refractivity (Wildman–Crippen MR) is 76.4 cm³/mol. The molecule has 3 heteroatoms. The maximum absolute atomic E-state index is 5.84. The molecule has 0 amide bonds. The maximum Gasteiger partial charge on any atom is 0.122 e. The Morgan fingerprint density at radius 3 is 2.82 bits per heavy atom. The molecule has 1 aromatic carbocycles. The topological polar surface area (TPSA) is 35.2 Å². The van der Waals surface area contributed by atoms with Gasteiger partial charge < -0.3 is 10.5 Å². The van der Waals surface area contributed by atoms with Gasteiger partial charge >= 0.3 is 0 Å². The molecule has 0 aromatic heterocycles. The summed E-state index contributed by atoms with van der Waals surface area (Å²) in [7, 11) is 0. The van der Waals surface area contributed by atoms with Crippen LogP contribution in [0.1, 0.15) is 25.8 Å². The van der Waals surface area contributed by atoms with Crippen molar-refractivity contribution in [3.05, 3.63) is 40.4 Å². The molecule has 0 aliphatic heterocycles. The zero-order valence-electron chi connectivity index (χ0n) is 10.5. The Balaban J connectivity index is 2.72. The summed E-state index contributed by atoms with van der Waals surface area (Å²) in [6.07, 6.45) is 1.70. The second kappa shape index (κ2) is 6.82. The highest BCUT2D eigenvalue weighted by molar-refractivity contribution is 9.10. The van der Waals surface area contributed by atoms with Gasteiger partial charge in [0.25, 0.3) is 0 Å². The summed E-state index contributed by atoms with van der Waals surface area (Å²) < 4.78 is 6.82. The Hall–Kier alpha value is -0.800. The number of hydrogen-bond acceptors (Lipinski definition) is 2. The van der Waals surface area contributed by atoms with Crippen molar-refractivity contribution < 1.29 is 4.74 Å². The minimum atomic E-state index is 0.132. The van der Waals surface area contributed by atoms with E-state index in [1.165, 1.54) is 0 Å². The third kappa shape index (κ3) is 5.37. The Bertz CT molecular complexity index is 388. The lowest BCUT2D eigenvalue weighted by Gasteiger charge is -2.13. The van der Waals surface area contributed by atoms with Crippen LogP contribution in [-0.4, -0.2) is 12.6 Å². The van der Waals surface area contributed by atoms with E-state index in [4.69, 9.17) is 10.5 Å². The Labute approximate surface area is 112 Å². The molecule has 0 aliphatic carbocycles. The van der Waals surface area contributed by atoms with Crippen molar-refractivity contribution >= 4 is 15.9 Å². The van der Waals surface area contributed by atoms with Crippen LogP contribution in [-0.2, 0) is 6.42 Å². The van der Waals surface area contributed by atoms with Gasteiger partial charge in [-0.1, -0.05) is 21.5 Å². The van der Waals surface area contributed by atoms with Crippen LogP contribution in [0.2, 0.25) is 0 Å².